The highest BCUT2D eigenvalue weighted by Gasteiger charge is 2.05. The molecule has 1 aromatic heterocycles. The lowest BCUT2D eigenvalue weighted by Gasteiger charge is -2.01. The van der Waals surface area contributed by atoms with Gasteiger partial charge in [-0.1, -0.05) is 26.3 Å². The van der Waals surface area contributed by atoms with Gasteiger partial charge in [-0.2, -0.15) is 0 Å². The Morgan fingerprint density at radius 1 is 1.46 bits per heavy atom. The number of aromatic amines is 1. The van der Waals surface area contributed by atoms with Crippen LogP contribution in [0, 0.1) is 6.92 Å². The summed E-state index contributed by atoms with van der Waals surface area (Å²) in [7, 11) is 0. The molecule has 13 heavy (non-hydrogen) atoms. The first-order chi connectivity index (χ1) is 6.27. The first-order valence-electron chi connectivity index (χ1n) is 5.13. The Balaban J connectivity index is 0.000000381. The van der Waals surface area contributed by atoms with Gasteiger partial charge < -0.3 is 4.98 Å². The molecule has 1 aliphatic carbocycles. The Kier molecular flexibility index (Phi) is 3.81. The van der Waals surface area contributed by atoms with E-state index in [2.05, 4.69) is 44.0 Å². The van der Waals surface area contributed by atoms with Gasteiger partial charge in [0.2, 0.25) is 0 Å². The molecule has 0 amide bonds. The van der Waals surface area contributed by atoms with Crippen LogP contribution in [0.5, 0.6) is 0 Å². The standard InChI is InChI=1S/C9H11N.C3H8.H2/c1-7-6-8-4-2-3-5-9(8)10-7;1-3-2;/h3,5-6,10H,2,4H2,1H3;3H2,1-2H3;1H. The zero-order valence-electron chi connectivity index (χ0n) is 8.85. The van der Waals surface area contributed by atoms with E-state index in [-0.39, 0.29) is 1.43 Å². The van der Waals surface area contributed by atoms with E-state index >= 15 is 0 Å². The van der Waals surface area contributed by atoms with Crippen molar-refractivity contribution in [3.63, 3.8) is 0 Å². The predicted molar refractivity (Wildman–Crippen MR) is 61.0 cm³/mol. The molecular formula is C12H21N. The molecule has 0 saturated heterocycles. The van der Waals surface area contributed by atoms with Gasteiger partial charge in [0.1, 0.15) is 0 Å². The van der Waals surface area contributed by atoms with E-state index < -0.39 is 0 Å². The third kappa shape index (κ3) is 2.76. The van der Waals surface area contributed by atoms with Crippen molar-refractivity contribution < 1.29 is 1.43 Å². The molecule has 1 aromatic rings. The van der Waals surface area contributed by atoms with Crippen molar-refractivity contribution in [3.05, 3.63) is 29.1 Å². The number of aromatic nitrogens is 1. The summed E-state index contributed by atoms with van der Waals surface area (Å²) in [6, 6.07) is 2.23. The summed E-state index contributed by atoms with van der Waals surface area (Å²) in [5.41, 5.74) is 4.06. The van der Waals surface area contributed by atoms with Crippen LogP contribution in [0.1, 0.15) is 45.1 Å². The molecule has 0 unspecified atom stereocenters. The van der Waals surface area contributed by atoms with E-state index in [1.807, 2.05) is 0 Å². The van der Waals surface area contributed by atoms with Gasteiger partial charge in [0, 0.05) is 12.8 Å². The molecular weight excluding hydrogens is 158 g/mol. The van der Waals surface area contributed by atoms with Crippen molar-refractivity contribution in [2.45, 2.75) is 40.0 Å². The van der Waals surface area contributed by atoms with Crippen LogP contribution in [-0.2, 0) is 6.42 Å². The molecule has 2 rings (SSSR count). The largest absolute Gasteiger partial charge is 0.359 e. The van der Waals surface area contributed by atoms with E-state index in [1.165, 1.54) is 36.2 Å². The summed E-state index contributed by atoms with van der Waals surface area (Å²) < 4.78 is 0. The Bertz CT molecular complexity index is 287. The molecule has 1 heterocycles. The van der Waals surface area contributed by atoms with Crippen molar-refractivity contribution in [1.29, 1.82) is 0 Å². The SMILES string of the molecule is CCC.Cc1cc2c([nH]1)C=CCC2.[HH]. The maximum Gasteiger partial charge on any atom is 0.0411 e. The van der Waals surface area contributed by atoms with Crippen LogP contribution in [0.4, 0.5) is 0 Å². The van der Waals surface area contributed by atoms with Gasteiger partial charge in [0.25, 0.3) is 0 Å². The Morgan fingerprint density at radius 3 is 2.77 bits per heavy atom. The van der Waals surface area contributed by atoms with Crippen molar-refractivity contribution >= 4 is 6.08 Å². The first-order valence-corrected chi connectivity index (χ1v) is 5.13. The predicted octanol–water partition coefficient (Wildman–Crippen LogP) is 3.94. The van der Waals surface area contributed by atoms with Crippen LogP contribution in [0.25, 0.3) is 6.08 Å². The molecule has 1 heteroatoms. The van der Waals surface area contributed by atoms with Gasteiger partial charge in [-0.05, 0) is 37.5 Å². The number of aryl methyl sites for hydroxylation is 2. The highest BCUT2D eigenvalue weighted by atomic mass is 14.7. The number of hydrogen-bond acceptors (Lipinski definition) is 0. The van der Waals surface area contributed by atoms with Crippen LogP contribution < -0.4 is 0 Å². The molecule has 0 spiro atoms. The number of nitrogens with one attached hydrogen (secondary N) is 1. The lowest BCUT2D eigenvalue weighted by atomic mass is 10.1. The third-order valence-corrected chi connectivity index (χ3v) is 1.93. The molecule has 0 atom stereocenters. The summed E-state index contributed by atoms with van der Waals surface area (Å²) in [5.74, 6) is 0. The topological polar surface area (TPSA) is 15.8 Å². The molecule has 0 bridgehead atoms. The van der Waals surface area contributed by atoms with E-state index in [9.17, 15) is 0 Å². The maximum atomic E-state index is 3.31. The summed E-state index contributed by atoms with van der Waals surface area (Å²) >= 11 is 0. The summed E-state index contributed by atoms with van der Waals surface area (Å²) in [4.78, 5) is 3.31. The summed E-state index contributed by atoms with van der Waals surface area (Å²) in [5, 5.41) is 0. The second-order valence-electron chi connectivity index (χ2n) is 3.54. The van der Waals surface area contributed by atoms with E-state index in [0.717, 1.165) is 0 Å². The fourth-order valence-corrected chi connectivity index (χ4v) is 1.46. The average Bonchev–Trinajstić information content (AvgIpc) is 2.45. The molecule has 0 aromatic carbocycles. The molecule has 1 N–H and O–H groups in total. The lowest BCUT2D eigenvalue weighted by Crippen LogP contribution is -1.88. The second-order valence-corrected chi connectivity index (χ2v) is 3.54. The van der Waals surface area contributed by atoms with Gasteiger partial charge in [0.05, 0.1) is 0 Å². The number of rotatable bonds is 0. The summed E-state index contributed by atoms with van der Waals surface area (Å²) in [6.45, 7) is 6.35. The normalized spacial score (nSPS) is 13.2. The maximum absolute atomic E-state index is 3.31. The average molecular weight is 179 g/mol. The fourth-order valence-electron chi connectivity index (χ4n) is 1.46. The minimum Gasteiger partial charge on any atom is -0.359 e. The van der Waals surface area contributed by atoms with Gasteiger partial charge in [-0.3, -0.25) is 0 Å². The van der Waals surface area contributed by atoms with Crippen molar-refractivity contribution in [3.8, 4) is 0 Å². The number of allylic oxidation sites excluding steroid dienone is 1. The zero-order chi connectivity index (χ0) is 9.68. The molecule has 1 aliphatic rings. The molecule has 0 radical (unpaired) electrons. The van der Waals surface area contributed by atoms with E-state index in [4.69, 9.17) is 0 Å². The molecule has 0 saturated carbocycles. The Morgan fingerprint density at radius 2 is 2.15 bits per heavy atom. The summed E-state index contributed by atoms with van der Waals surface area (Å²) in [6.07, 6.45) is 8.05. The van der Waals surface area contributed by atoms with Crippen molar-refractivity contribution in [2.75, 3.05) is 0 Å². The molecule has 74 valence electrons. The number of hydrogen-bond donors (Lipinski definition) is 1. The number of H-pyrrole nitrogens is 1. The van der Waals surface area contributed by atoms with E-state index in [1.54, 1.807) is 0 Å². The molecule has 0 fully saturated rings. The Labute approximate surface area is 82.4 Å². The Hall–Kier alpha value is -0.980. The highest BCUT2D eigenvalue weighted by molar-refractivity contribution is 5.53. The highest BCUT2D eigenvalue weighted by Crippen LogP contribution is 2.18. The van der Waals surface area contributed by atoms with Crippen molar-refractivity contribution in [2.24, 2.45) is 0 Å². The lowest BCUT2D eigenvalue weighted by molar-refractivity contribution is 0.985. The second kappa shape index (κ2) is 4.90. The third-order valence-electron chi connectivity index (χ3n) is 1.93. The number of fused-ring (bicyclic) bond motifs is 1. The fraction of sp³-hybridized carbons (Fsp3) is 0.500. The smallest absolute Gasteiger partial charge is 0.0411 e. The van der Waals surface area contributed by atoms with Crippen molar-refractivity contribution in [1.82, 2.24) is 4.98 Å². The minimum absolute atomic E-state index is 0. The van der Waals surface area contributed by atoms with Gasteiger partial charge in [0.15, 0.2) is 0 Å². The van der Waals surface area contributed by atoms with Gasteiger partial charge in [-0.15, -0.1) is 0 Å². The van der Waals surface area contributed by atoms with Crippen LogP contribution in [-0.4, -0.2) is 4.98 Å². The molecule has 1 nitrogen and oxygen atoms in total. The van der Waals surface area contributed by atoms with Gasteiger partial charge >= 0.3 is 0 Å². The quantitative estimate of drug-likeness (QED) is 0.620. The molecule has 0 aliphatic heterocycles. The van der Waals surface area contributed by atoms with E-state index in [0.29, 0.717) is 0 Å². The van der Waals surface area contributed by atoms with Crippen LogP contribution in [0.2, 0.25) is 0 Å². The van der Waals surface area contributed by atoms with Crippen LogP contribution >= 0.6 is 0 Å². The van der Waals surface area contributed by atoms with Gasteiger partial charge in [-0.25, -0.2) is 0 Å². The van der Waals surface area contributed by atoms with Crippen LogP contribution in [0.3, 0.4) is 0 Å². The monoisotopic (exact) mass is 179 g/mol. The van der Waals surface area contributed by atoms with Crippen LogP contribution in [0.15, 0.2) is 12.1 Å². The minimum atomic E-state index is 0. The zero-order valence-corrected chi connectivity index (χ0v) is 8.85. The first kappa shape index (κ1) is 10.1.